The van der Waals surface area contributed by atoms with E-state index in [-0.39, 0.29) is 5.60 Å². The second kappa shape index (κ2) is 6.68. The zero-order valence-electron chi connectivity index (χ0n) is 14.0. The van der Waals surface area contributed by atoms with Crippen LogP contribution in [0.15, 0.2) is 40.3 Å². The molecular weight excluding hydrogens is 292 g/mol. The number of hydrogen-bond acceptors (Lipinski definition) is 3. The number of para-hydroxylation sites is 1. The van der Waals surface area contributed by atoms with E-state index in [1.54, 1.807) is 5.06 Å². The molecule has 0 amide bonds. The molecule has 0 saturated carbocycles. The Morgan fingerprint density at radius 3 is 2.43 bits per heavy atom. The molecule has 1 aromatic rings. The minimum atomic E-state index is -0.226. The number of nitrogens with zero attached hydrogens (tertiary/aromatic N) is 4. The highest BCUT2D eigenvalue weighted by molar-refractivity contribution is 5.97. The molecule has 0 unspecified atom stereocenters. The third kappa shape index (κ3) is 4.09. The molecule has 3 rings (SSSR count). The van der Waals surface area contributed by atoms with Gasteiger partial charge in [-0.3, -0.25) is 4.84 Å². The Bertz CT molecular complexity index is 592. The maximum absolute atomic E-state index is 5.80. The number of hydrogen-bond donors (Lipinski definition) is 0. The third-order valence-corrected chi connectivity index (χ3v) is 3.84. The Hall–Kier alpha value is -1.92. The van der Waals surface area contributed by atoms with Crippen LogP contribution in [0, 0.1) is 0 Å². The van der Waals surface area contributed by atoms with Gasteiger partial charge in [-0.25, -0.2) is 10.1 Å². The topological polar surface area (TPSA) is 49.7 Å². The van der Waals surface area contributed by atoms with Gasteiger partial charge < -0.3 is 9.64 Å². The van der Waals surface area contributed by atoms with Gasteiger partial charge in [0.1, 0.15) is 5.84 Å². The van der Waals surface area contributed by atoms with Gasteiger partial charge in [-0.15, -0.1) is 0 Å². The molecule has 2 aliphatic rings. The van der Waals surface area contributed by atoms with Crippen molar-refractivity contribution < 1.29 is 9.57 Å². The molecule has 0 bridgehead atoms. The van der Waals surface area contributed by atoms with Crippen molar-refractivity contribution in [3.8, 4) is 0 Å². The van der Waals surface area contributed by atoms with Crippen LogP contribution in [-0.4, -0.2) is 60.7 Å². The van der Waals surface area contributed by atoms with Crippen molar-refractivity contribution in [3.05, 3.63) is 30.3 Å². The van der Waals surface area contributed by atoms with Gasteiger partial charge in [0, 0.05) is 26.6 Å². The van der Waals surface area contributed by atoms with E-state index >= 15 is 0 Å². The van der Waals surface area contributed by atoms with Gasteiger partial charge in [-0.2, -0.15) is 4.99 Å². The second-order valence-corrected chi connectivity index (χ2v) is 6.40. The Balaban J connectivity index is 1.90. The van der Waals surface area contributed by atoms with Crippen LogP contribution in [0.1, 0.15) is 20.3 Å². The largest absolute Gasteiger partial charge is 0.378 e. The summed E-state index contributed by atoms with van der Waals surface area (Å²) in [5, 5.41) is 1.75. The molecule has 6 heteroatoms. The van der Waals surface area contributed by atoms with Crippen molar-refractivity contribution in [1.82, 2.24) is 9.96 Å². The number of benzene rings is 1. The van der Waals surface area contributed by atoms with E-state index in [1.165, 1.54) is 0 Å². The van der Waals surface area contributed by atoms with E-state index in [0.717, 1.165) is 37.0 Å². The predicted octanol–water partition coefficient (Wildman–Crippen LogP) is 2.45. The SMILES string of the molecule is CN1OC(C)(C)C/C1=N\C(=N\c1ccccc1)N1CCOCC1. The molecule has 2 saturated heterocycles. The van der Waals surface area contributed by atoms with Gasteiger partial charge in [0.15, 0.2) is 0 Å². The Morgan fingerprint density at radius 2 is 1.83 bits per heavy atom. The van der Waals surface area contributed by atoms with Crippen molar-refractivity contribution in [2.45, 2.75) is 25.9 Å². The predicted molar refractivity (Wildman–Crippen MR) is 90.9 cm³/mol. The summed E-state index contributed by atoms with van der Waals surface area (Å²) in [6.07, 6.45) is 0.766. The monoisotopic (exact) mass is 316 g/mol. The lowest BCUT2D eigenvalue weighted by Gasteiger charge is -2.28. The second-order valence-electron chi connectivity index (χ2n) is 6.40. The van der Waals surface area contributed by atoms with E-state index < -0.39 is 0 Å². The van der Waals surface area contributed by atoms with Crippen molar-refractivity contribution in [1.29, 1.82) is 0 Å². The molecule has 0 aromatic heterocycles. The lowest BCUT2D eigenvalue weighted by atomic mass is 10.1. The van der Waals surface area contributed by atoms with E-state index in [4.69, 9.17) is 19.6 Å². The minimum Gasteiger partial charge on any atom is -0.378 e. The highest BCUT2D eigenvalue weighted by Gasteiger charge is 2.34. The molecule has 0 radical (unpaired) electrons. The lowest BCUT2D eigenvalue weighted by molar-refractivity contribution is -0.141. The molecule has 0 atom stereocenters. The zero-order valence-corrected chi connectivity index (χ0v) is 14.0. The highest BCUT2D eigenvalue weighted by Crippen LogP contribution is 2.26. The van der Waals surface area contributed by atoms with Gasteiger partial charge >= 0.3 is 0 Å². The smallest absolute Gasteiger partial charge is 0.227 e. The molecule has 1 aromatic carbocycles. The molecule has 6 nitrogen and oxygen atoms in total. The van der Waals surface area contributed by atoms with Crippen LogP contribution in [0.25, 0.3) is 0 Å². The fourth-order valence-corrected chi connectivity index (χ4v) is 2.72. The first-order chi connectivity index (χ1) is 11.0. The van der Waals surface area contributed by atoms with Crippen molar-refractivity contribution in [3.63, 3.8) is 0 Å². The van der Waals surface area contributed by atoms with Gasteiger partial charge in [0.2, 0.25) is 5.96 Å². The molecule has 2 heterocycles. The summed E-state index contributed by atoms with van der Waals surface area (Å²) in [6.45, 7) is 7.14. The Labute approximate surface area is 137 Å². The molecule has 124 valence electrons. The van der Waals surface area contributed by atoms with E-state index in [9.17, 15) is 0 Å². The third-order valence-electron chi connectivity index (χ3n) is 3.84. The fourth-order valence-electron chi connectivity index (χ4n) is 2.72. The molecular formula is C17H24N4O2. The van der Waals surface area contributed by atoms with Gasteiger partial charge in [-0.1, -0.05) is 18.2 Å². The first-order valence-electron chi connectivity index (χ1n) is 8.00. The van der Waals surface area contributed by atoms with Crippen LogP contribution < -0.4 is 0 Å². The summed E-state index contributed by atoms with van der Waals surface area (Å²) in [6, 6.07) is 9.92. The summed E-state index contributed by atoms with van der Waals surface area (Å²) in [7, 11) is 1.90. The van der Waals surface area contributed by atoms with Crippen molar-refractivity contribution >= 4 is 17.5 Å². The molecule has 0 aliphatic carbocycles. The fraction of sp³-hybridized carbons (Fsp3) is 0.529. The lowest BCUT2D eigenvalue weighted by Crippen LogP contribution is -2.40. The van der Waals surface area contributed by atoms with Gasteiger partial charge in [-0.05, 0) is 26.0 Å². The average Bonchev–Trinajstić information content (AvgIpc) is 2.80. The number of ether oxygens (including phenoxy) is 1. The molecule has 23 heavy (non-hydrogen) atoms. The zero-order chi connectivity index (χ0) is 16.3. The first kappa shape index (κ1) is 16.0. The number of aliphatic imine (C=N–C) groups is 2. The van der Waals surface area contributed by atoms with Gasteiger partial charge in [0.25, 0.3) is 0 Å². The minimum absolute atomic E-state index is 0.226. The van der Waals surface area contributed by atoms with E-state index in [1.807, 2.05) is 37.4 Å². The standard InChI is InChI=1S/C17H24N4O2/c1-17(2)13-15(20(3)23-17)19-16(21-9-11-22-12-10-21)18-14-7-5-4-6-8-14/h4-8H,9-13H2,1-3H3/b18-16-,19-15+. The molecule has 2 fully saturated rings. The van der Waals surface area contributed by atoms with Crippen LogP contribution in [0.5, 0.6) is 0 Å². The van der Waals surface area contributed by atoms with Crippen LogP contribution >= 0.6 is 0 Å². The molecule has 2 aliphatic heterocycles. The normalized spacial score (nSPS) is 23.6. The number of hydroxylamine groups is 2. The van der Waals surface area contributed by atoms with Crippen LogP contribution in [0.4, 0.5) is 5.69 Å². The summed E-state index contributed by atoms with van der Waals surface area (Å²) < 4.78 is 5.44. The summed E-state index contributed by atoms with van der Waals surface area (Å²) >= 11 is 0. The average molecular weight is 316 g/mol. The van der Waals surface area contributed by atoms with E-state index in [0.29, 0.717) is 13.2 Å². The maximum atomic E-state index is 5.80. The quantitative estimate of drug-likeness (QED) is 0.590. The van der Waals surface area contributed by atoms with Crippen molar-refractivity contribution in [2.24, 2.45) is 9.98 Å². The van der Waals surface area contributed by atoms with Crippen LogP contribution in [0.2, 0.25) is 0 Å². The number of morpholine rings is 1. The van der Waals surface area contributed by atoms with Crippen LogP contribution in [-0.2, 0) is 9.57 Å². The van der Waals surface area contributed by atoms with Crippen molar-refractivity contribution in [2.75, 3.05) is 33.4 Å². The summed E-state index contributed by atoms with van der Waals surface area (Å²) in [5.41, 5.74) is 0.676. The summed E-state index contributed by atoms with van der Waals surface area (Å²) in [4.78, 5) is 17.5. The van der Waals surface area contributed by atoms with Crippen LogP contribution in [0.3, 0.4) is 0 Å². The Morgan fingerprint density at radius 1 is 1.13 bits per heavy atom. The summed E-state index contributed by atoms with van der Waals surface area (Å²) in [5.74, 6) is 1.62. The highest BCUT2D eigenvalue weighted by atomic mass is 16.7. The molecule has 0 N–H and O–H groups in total. The van der Waals surface area contributed by atoms with Gasteiger partial charge in [0.05, 0.1) is 24.5 Å². The number of rotatable bonds is 1. The van der Waals surface area contributed by atoms with E-state index in [2.05, 4.69) is 18.7 Å². The molecule has 0 spiro atoms. The Kier molecular flexibility index (Phi) is 4.63. The maximum Gasteiger partial charge on any atom is 0.227 e. The first-order valence-corrected chi connectivity index (χ1v) is 8.00. The number of guanidine groups is 1. The number of amidine groups is 1.